The van der Waals surface area contributed by atoms with Crippen molar-refractivity contribution in [2.75, 3.05) is 6.54 Å². The Balaban J connectivity index is 2.30. The van der Waals surface area contributed by atoms with Crippen molar-refractivity contribution in [3.05, 3.63) is 108 Å². The Bertz CT molecular complexity index is 691. The molecule has 24 heavy (non-hydrogen) atoms. The summed E-state index contributed by atoms with van der Waals surface area (Å²) in [6.07, 6.45) is 0. The van der Waals surface area contributed by atoms with E-state index in [4.69, 9.17) is 22.7 Å². The van der Waals surface area contributed by atoms with Crippen LogP contribution in [0.25, 0.3) is 0 Å². The minimum Gasteiger partial charge on any atom is -0.465 e. The number of hydrogen-bond acceptors (Lipinski definition) is 3. The van der Waals surface area contributed by atoms with Gasteiger partial charge in [-0.2, -0.15) is 0 Å². The molecule has 3 aromatic carbocycles. The van der Waals surface area contributed by atoms with Gasteiger partial charge in [-0.15, -0.1) is 0 Å². The summed E-state index contributed by atoms with van der Waals surface area (Å²) in [5.74, 6) is 0. The molecule has 0 spiro atoms. The summed E-state index contributed by atoms with van der Waals surface area (Å²) in [6, 6.07) is 30.3. The fourth-order valence-corrected chi connectivity index (χ4v) is 3.03. The average Bonchev–Trinajstić information content (AvgIpc) is 2.68. The van der Waals surface area contributed by atoms with Gasteiger partial charge in [-0.3, -0.25) is 0 Å². The molecule has 0 saturated heterocycles. The van der Waals surface area contributed by atoms with Crippen molar-refractivity contribution < 1.29 is 4.74 Å². The molecule has 3 aromatic rings. The highest BCUT2D eigenvalue weighted by atomic mass is 32.1. The van der Waals surface area contributed by atoms with Crippen molar-refractivity contribution in [2.24, 2.45) is 5.73 Å². The van der Waals surface area contributed by atoms with Gasteiger partial charge in [-0.1, -0.05) is 91.0 Å². The number of benzene rings is 3. The van der Waals surface area contributed by atoms with Crippen molar-refractivity contribution in [3.8, 4) is 0 Å². The zero-order valence-corrected chi connectivity index (χ0v) is 14.1. The highest BCUT2D eigenvalue weighted by Crippen LogP contribution is 2.40. The Morgan fingerprint density at radius 3 is 1.33 bits per heavy atom. The highest BCUT2D eigenvalue weighted by Gasteiger charge is 2.39. The summed E-state index contributed by atoms with van der Waals surface area (Å²) in [5.41, 5.74) is 7.96. The molecule has 0 unspecified atom stereocenters. The first-order valence-electron chi connectivity index (χ1n) is 7.86. The van der Waals surface area contributed by atoms with Crippen molar-refractivity contribution in [1.29, 1.82) is 0 Å². The Labute approximate surface area is 147 Å². The summed E-state index contributed by atoms with van der Waals surface area (Å²) in [7, 11) is 0. The first-order valence-corrected chi connectivity index (χ1v) is 8.26. The first-order chi connectivity index (χ1) is 11.8. The van der Waals surface area contributed by atoms with Crippen LogP contribution in [0.5, 0.6) is 0 Å². The van der Waals surface area contributed by atoms with E-state index in [-0.39, 0.29) is 6.54 Å². The number of nitrogens with two attached hydrogens (primary N) is 1. The van der Waals surface area contributed by atoms with Crippen molar-refractivity contribution in [2.45, 2.75) is 5.60 Å². The number of ether oxygens (including phenoxy) is 1. The molecule has 2 N–H and O–H groups in total. The molecule has 0 saturated carbocycles. The summed E-state index contributed by atoms with van der Waals surface area (Å²) in [6.45, 7) is 0.198. The van der Waals surface area contributed by atoms with Crippen LogP contribution in [0.3, 0.4) is 0 Å². The smallest absolute Gasteiger partial charge is 0.185 e. The van der Waals surface area contributed by atoms with E-state index < -0.39 is 5.60 Å². The largest absolute Gasteiger partial charge is 0.465 e. The van der Waals surface area contributed by atoms with Gasteiger partial charge in [0.15, 0.2) is 10.7 Å². The van der Waals surface area contributed by atoms with E-state index in [1.54, 1.807) is 0 Å². The van der Waals surface area contributed by atoms with Crippen LogP contribution in [0, 0.1) is 0 Å². The second kappa shape index (κ2) is 7.39. The number of thiocarbonyl (C=S) groups is 1. The number of rotatable bonds is 5. The molecule has 3 heteroatoms. The molecule has 0 amide bonds. The van der Waals surface area contributed by atoms with Gasteiger partial charge in [0.1, 0.15) is 0 Å². The molecule has 0 aliphatic heterocycles. The molecule has 120 valence electrons. The van der Waals surface area contributed by atoms with Crippen LogP contribution in [-0.2, 0) is 10.3 Å². The van der Waals surface area contributed by atoms with E-state index in [1.807, 2.05) is 54.6 Å². The second-order valence-electron chi connectivity index (χ2n) is 5.46. The van der Waals surface area contributed by atoms with Crippen LogP contribution in [0.15, 0.2) is 91.0 Å². The Kier molecular flexibility index (Phi) is 5.04. The summed E-state index contributed by atoms with van der Waals surface area (Å²) in [5, 5.41) is 0.381. The number of hydrogen-bond donors (Lipinski definition) is 1. The Morgan fingerprint density at radius 1 is 0.708 bits per heavy atom. The molecule has 0 atom stereocenters. The van der Waals surface area contributed by atoms with Gasteiger partial charge in [0.25, 0.3) is 0 Å². The summed E-state index contributed by atoms with van der Waals surface area (Å²) in [4.78, 5) is 0. The van der Waals surface area contributed by atoms with E-state index in [2.05, 4.69) is 36.4 Å². The van der Waals surface area contributed by atoms with Crippen LogP contribution >= 0.6 is 12.2 Å². The SMILES string of the molecule is NCC(=S)OC(c1ccccc1)(c1ccccc1)c1ccccc1. The lowest BCUT2D eigenvalue weighted by Gasteiger charge is -2.36. The molecule has 2 nitrogen and oxygen atoms in total. The highest BCUT2D eigenvalue weighted by molar-refractivity contribution is 7.80. The second-order valence-corrected chi connectivity index (χ2v) is 5.91. The van der Waals surface area contributed by atoms with Crippen LogP contribution in [0.4, 0.5) is 0 Å². The van der Waals surface area contributed by atoms with Crippen LogP contribution in [0.2, 0.25) is 0 Å². The molecule has 0 fully saturated rings. The fourth-order valence-electron chi connectivity index (χ4n) is 2.91. The van der Waals surface area contributed by atoms with Crippen molar-refractivity contribution in [3.63, 3.8) is 0 Å². The maximum absolute atomic E-state index is 6.35. The summed E-state index contributed by atoms with van der Waals surface area (Å²) >= 11 is 5.36. The fraction of sp³-hybridized carbons (Fsp3) is 0.0952. The molecule has 0 heterocycles. The van der Waals surface area contributed by atoms with Crippen LogP contribution in [0.1, 0.15) is 16.7 Å². The normalized spacial score (nSPS) is 11.0. The molecule has 0 bridgehead atoms. The quantitative estimate of drug-likeness (QED) is 0.559. The minimum absolute atomic E-state index is 0.198. The van der Waals surface area contributed by atoms with Gasteiger partial charge in [0.2, 0.25) is 0 Å². The van der Waals surface area contributed by atoms with E-state index in [0.717, 1.165) is 16.7 Å². The zero-order valence-electron chi connectivity index (χ0n) is 13.3. The van der Waals surface area contributed by atoms with E-state index in [9.17, 15) is 0 Å². The molecular formula is C21H19NOS. The third-order valence-corrected chi connectivity index (χ3v) is 4.22. The first kappa shape index (κ1) is 16.4. The van der Waals surface area contributed by atoms with E-state index in [0.29, 0.717) is 5.05 Å². The lowest BCUT2D eigenvalue weighted by Crippen LogP contribution is -2.36. The predicted octanol–water partition coefficient (Wildman–Crippen LogP) is 4.28. The van der Waals surface area contributed by atoms with Crippen molar-refractivity contribution in [1.82, 2.24) is 0 Å². The van der Waals surface area contributed by atoms with Crippen LogP contribution in [-0.4, -0.2) is 11.6 Å². The van der Waals surface area contributed by atoms with Gasteiger partial charge in [-0.05, 0) is 12.2 Å². The van der Waals surface area contributed by atoms with Gasteiger partial charge < -0.3 is 10.5 Å². The van der Waals surface area contributed by atoms with Crippen molar-refractivity contribution >= 4 is 17.3 Å². The predicted molar refractivity (Wildman–Crippen MR) is 102 cm³/mol. The lowest BCUT2D eigenvalue weighted by atomic mass is 9.80. The monoisotopic (exact) mass is 333 g/mol. The molecule has 0 aromatic heterocycles. The van der Waals surface area contributed by atoms with Gasteiger partial charge in [0, 0.05) is 16.7 Å². The maximum Gasteiger partial charge on any atom is 0.185 e. The maximum atomic E-state index is 6.35. The molecular weight excluding hydrogens is 314 g/mol. The lowest BCUT2D eigenvalue weighted by molar-refractivity contribution is 0.143. The van der Waals surface area contributed by atoms with Gasteiger partial charge in [0.05, 0.1) is 6.54 Å². The average molecular weight is 333 g/mol. The minimum atomic E-state index is -0.819. The van der Waals surface area contributed by atoms with Gasteiger partial charge >= 0.3 is 0 Å². The van der Waals surface area contributed by atoms with Gasteiger partial charge in [-0.25, -0.2) is 0 Å². The zero-order chi connectivity index (χ0) is 16.8. The molecule has 0 aliphatic carbocycles. The summed E-state index contributed by atoms with van der Waals surface area (Å²) < 4.78 is 6.35. The third kappa shape index (κ3) is 3.09. The molecule has 0 radical (unpaired) electrons. The van der Waals surface area contributed by atoms with E-state index >= 15 is 0 Å². The Hall–Kier alpha value is -2.49. The van der Waals surface area contributed by atoms with Crippen LogP contribution < -0.4 is 5.73 Å². The standard InChI is InChI=1S/C21H19NOS/c22-16-20(24)23-21(17-10-4-1-5-11-17,18-12-6-2-7-13-18)19-14-8-3-9-15-19/h1-15H,16,22H2. The third-order valence-electron chi connectivity index (χ3n) is 3.97. The molecule has 3 rings (SSSR count). The Morgan fingerprint density at radius 2 is 1.04 bits per heavy atom. The molecule has 0 aliphatic rings. The topological polar surface area (TPSA) is 35.2 Å². The van der Waals surface area contributed by atoms with E-state index in [1.165, 1.54) is 0 Å².